The highest BCUT2D eigenvalue weighted by atomic mass is 32.2. The number of carbonyl (C=O) groups excluding carboxylic acids is 1. The maximum Gasteiger partial charge on any atom is 0.240 e. The molecule has 0 atom stereocenters. The van der Waals surface area contributed by atoms with Crippen LogP contribution in [0.5, 0.6) is 23.0 Å². The number of benzene rings is 2. The van der Waals surface area contributed by atoms with Crippen molar-refractivity contribution < 1.29 is 32.2 Å². The van der Waals surface area contributed by atoms with Crippen molar-refractivity contribution in [2.45, 2.75) is 12.8 Å². The minimum atomic E-state index is -3.75. The summed E-state index contributed by atoms with van der Waals surface area (Å²) in [5.41, 5.74) is 1.27. The first kappa shape index (κ1) is 25.1. The molecule has 0 spiro atoms. The van der Waals surface area contributed by atoms with Gasteiger partial charge in [0.2, 0.25) is 15.9 Å². The summed E-state index contributed by atoms with van der Waals surface area (Å²) >= 11 is 0. The van der Waals surface area contributed by atoms with Crippen molar-refractivity contribution >= 4 is 21.6 Å². The van der Waals surface area contributed by atoms with E-state index in [-0.39, 0.29) is 12.2 Å². The number of hydrogen-bond acceptors (Lipinski definition) is 7. The zero-order chi connectivity index (χ0) is 23.7. The molecule has 0 aliphatic heterocycles. The number of rotatable bonds is 12. The van der Waals surface area contributed by atoms with E-state index in [2.05, 4.69) is 5.32 Å². The van der Waals surface area contributed by atoms with Crippen molar-refractivity contribution in [2.75, 3.05) is 52.1 Å². The van der Waals surface area contributed by atoms with Crippen LogP contribution in [0.25, 0.3) is 0 Å². The van der Waals surface area contributed by atoms with Crippen molar-refractivity contribution in [3.05, 3.63) is 42.0 Å². The van der Waals surface area contributed by atoms with Gasteiger partial charge < -0.3 is 24.3 Å². The lowest BCUT2D eigenvalue weighted by atomic mass is 10.1. The quantitative estimate of drug-likeness (QED) is 0.479. The van der Waals surface area contributed by atoms with Crippen LogP contribution in [0.1, 0.15) is 12.0 Å². The number of amides is 1. The number of aryl methyl sites for hydroxylation is 1. The van der Waals surface area contributed by atoms with E-state index in [4.69, 9.17) is 18.9 Å². The van der Waals surface area contributed by atoms with Gasteiger partial charge in [0.1, 0.15) is 18.0 Å². The average Bonchev–Trinajstić information content (AvgIpc) is 2.78. The summed E-state index contributed by atoms with van der Waals surface area (Å²) in [4.78, 5) is 12.5. The van der Waals surface area contributed by atoms with Gasteiger partial charge in [-0.15, -0.1) is 0 Å². The Bertz CT molecular complexity index is 1020. The lowest BCUT2D eigenvalue weighted by molar-refractivity contribution is -0.119. The molecule has 0 saturated heterocycles. The van der Waals surface area contributed by atoms with Crippen LogP contribution in [0.4, 0.5) is 5.69 Å². The second kappa shape index (κ2) is 11.5. The molecular formula is C22H30N2O7S. The SMILES string of the molecule is COc1ccc(OC)c(N(CC(=O)NCCCc2ccc(OC)c(OC)c2)S(C)(=O)=O)c1. The molecule has 2 rings (SSSR count). The minimum absolute atomic E-state index is 0.231. The predicted molar refractivity (Wildman–Crippen MR) is 123 cm³/mol. The number of methoxy groups -OCH3 is 4. The second-order valence-corrected chi connectivity index (χ2v) is 8.86. The van der Waals surface area contributed by atoms with E-state index in [9.17, 15) is 13.2 Å². The number of hydrogen-bond donors (Lipinski definition) is 1. The van der Waals surface area contributed by atoms with Crippen LogP contribution in [0.3, 0.4) is 0 Å². The molecule has 9 nitrogen and oxygen atoms in total. The normalized spacial score (nSPS) is 10.9. The Morgan fingerprint density at radius 3 is 2.16 bits per heavy atom. The van der Waals surface area contributed by atoms with Gasteiger partial charge in [0.15, 0.2) is 11.5 Å². The number of nitrogens with one attached hydrogen (secondary N) is 1. The molecule has 0 fully saturated rings. The van der Waals surface area contributed by atoms with E-state index in [0.29, 0.717) is 42.4 Å². The molecule has 0 radical (unpaired) electrons. The molecule has 1 N–H and O–H groups in total. The molecule has 0 unspecified atom stereocenters. The molecule has 0 aliphatic carbocycles. The van der Waals surface area contributed by atoms with Crippen molar-refractivity contribution in [1.82, 2.24) is 5.32 Å². The predicted octanol–water partition coefficient (Wildman–Crippen LogP) is 2.24. The minimum Gasteiger partial charge on any atom is -0.497 e. The van der Waals surface area contributed by atoms with Gasteiger partial charge in [-0.05, 0) is 42.7 Å². The molecule has 0 aromatic heterocycles. The van der Waals surface area contributed by atoms with Gasteiger partial charge in [0.25, 0.3) is 0 Å². The molecule has 1 amide bonds. The Hall–Kier alpha value is -3.14. The van der Waals surface area contributed by atoms with Crippen molar-refractivity contribution in [1.29, 1.82) is 0 Å². The smallest absolute Gasteiger partial charge is 0.240 e. The van der Waals surface area contributed by atoms with Crippen LogP contribution in [0, 0.1) is 0 Å². The van der Waals surface area contributed by atoms with Crippen LogP contribution in [-0.4, -0.2) is 62.1 Å². The molecule has 2 aromatic carbocycles. The summed E-state index contributed by atoms with van der Waals surface area (Å²) < 4.78 is 46.8. The van der Waals surface area contributed by atoms with Crippen LogP contribution < -0.4 is 28.6 Å². The highest BCUT2D eigenvalue weighted by molar-refractivity contribution is 7.92. The van der Waals surface area contributed by atoms with Gasteiger partial charge in [-0.1, -0.05) is 6.07 Å². The molecule has 0 aliphatic rings. The standard InChI is InChI=1S/C22H30N2O7S/c1-28-17-9-11-19(29-2)18(14-17)24(32(5,26)27)15-22(25)23-12-6-7-16-8-10-20(30-3)21(13-16)31-4/h8-11,13-14H,6-7,12,15H2,1-5H3,(H,23,25). The molecular weight excluding hydrogens is 436 g/mol. The van der Waals surface area contributed by atoms with Crippen LogP contribution >= 0.6 is 0 Å². The number of carbonyl (C=O) groups is 1. The maximum atomic E-state index is 12.5. The van der Waals surface area contributed by atoms with Gasteiger partial charge in [-0.2, -0.15) is 0 Å². The Balaban J connectivity index is 2.01. The largest absolute Gasteiger partial charge is 0.497 e. The molecule has 32 heavy (non-hydrogen) atoms. The Morgan fingerprint density at radius 2 is 1.56 bits per heavy atom. The first-order valence-corrected chi connectivity index (χ1v) is 11.8. The number of sulfonamides is 1. The van der Waals surface area contributed by atoms with E-state index >= 15 is 0 Å². The molecule has 0 heterocycles. The van der Waals surface area contributed by atoms with Gasteiger partial charge in [0.05, 0.1) is 40.4 Å². The summed E-state index contributed by atoms with van der Waals surface area (Å²) in [6.45, 7) is 0.0126. The van der Waals surface area contributed by atoms with Crippen molar-refractivity contribution in [3.8, 4) is 23.0 Å². The van der Waals surface area contributed by atoms with Crippen LogP contribution in [-0.2, 0) is 21.2 Å². The summed E-state index contributed by atoms with van der Waals surface area (Å²) in [5, 5.41) is 2.77. The van der Waals surface area contributed by atoms with E-state index in [1.54, 1.807) is 26.4 Å². The summed E-state index contributed by atoms with van der Waals surface area (Å²) in [5.74, 6) is 1.64. The second-order valence-electron chi connectivity index (χ2n) is 6.95. The van der Waals surface area contributed by atoms with Crippen LogP contribution in [0.15, 0.2) is 36.4 Å². The zero-order valence-electron chi connectivity index (χ0n) is 19.0. The van der Waals surface area contributed by atoms with Gasteiger partial charge in [0, 0.05) is 12.6 Å². The molecule has 176 valence electrons. The highest BCUT2D eigenvalue weighted by Gasteiger charge is 2.24. The Kier molecular flexibility index (Phi) is 9.01. The summed E-state index contributed by atoms with van der Waals surface area (Å²) in [6, 6.07) is 10.4. The third-order valence-corrected chi connectivity index (χ3v) is 5.88. The highest BCUT2D eigenvalue weighted by Crippen LogP contribution is 2.33. The fourth-order valence-corrected chi connectivity index (χ4v) is 3.97. The number of anilines is 1. The van der Waals surface area contributed by atoms with E-state index in [1.807, 2.05) is 18.2 Å². The first-order chi connectivity index (χ1) is 15.2. The maximum absolute atomic E-state index is 12.5. The fourth-order valence-electron chi connectivity index (χ4n) is 3.12. The van der Waals surface area contributed by atoms with Gasteiger partial charge in [-0.3, -0.25) is 9.10 Å². The van der Waals surface area contributed by atoms with E-state index < -0.39 is 15.9 Å². The van der Waals surface area contributed by atoms with Crippen molar-refractivity contribution in [2.24, 2.45) is 0 Å². The third kappa shape index (κ3) is 6.68. The topological polar surface area (TPSA) is 103 Å². The lowest BCUT2D eigenvalue weighted by Gasteiger charge is -2.24. The number of nitrogens with zero attached hydrogens (tertiary/aromatic N) is 1. The lowest BCUT2D eigenvalue weighted by Crippen LogP contribution is -2.40. The third-order valence-electron chi connectivity index (χ3n) is 4.75. The first-order valence-electron chi connectivity index (χ1n) is 9.90. The molecule has 0 bridgehead atoms. The average molecular weight is 467 g/mol. The van der Waals surface area contributed by atoms with Crippen LogP contribution in [0.2, 0.25) is 0 Å². The van der Waals surface area contributed by atoms with E-state index in [1.165, 1.54) is 20.3 Å². The summed E-state index contributed by atoms with van der Waals surface area (Å²) in [7, 11) is 2.31. The van der Waals surface area contributed by atoms with Gasteiger partial charge in [-0.25, -0.2) is 8.42 Å². The van der Waals surface area contributed by atoms with E-state index in [0.717, 1.165) is 16.1 Å². The van der Waals surface area contributed by atoms with Crippen molar-refractivity contribution in [3.63, 3.8) is 0 Å². The summed E-state index contributed by atoms with van der Waals surface area (Å²) in [6.07, 6.45) is 2.42. The Morgan fingerprint density at radius 1 is 0.906 bits per heavy atom. The molecule has 10 heteroatoms. The van der Waals surface area contributed by atoms with Gasteiger partial charge >= 0.3 is 0 Å². The monoisotopic (exact) mass is 466 g/mol. The Labute approximate surface area is 189 Å². The molecule has 0 saturated carbocycles. The fraction of sp³-hybridized carbons (Fsp3) is 0.409. The zero-order valence-corrected chi connectivity index (χ0v) is 19.8. The molecule has 2 aromatic rings. The number of ether oxygens (including phenoxy) is 4.